The van der Waals surface area contributed by atoms with Gasteiger partial charge in [0, 0.05) is 0 Å². The van der Waals surface area contributed by atoms with Crippen LogP contribution in [0.3, 0.4) is 0 Å². The molecule has 164 valence electrons. The van der Waals surface area contributed by atoms with E-state index in [1.807, 2.05) is 11.6 Å². The number of nitrogens with zero attached hydrogens (tertiary/aromatic N) is 4. The summed E-state index contributed by atoms with van der Waals surface area (Å²) in [5.74, 6) is 1.66. The second kappa shape index (κ2) is 11.3. The zero-order valence-electron chi connectivity index (χ0n) is 19.2. The summed E-state index contributed by atoms with van der Waals surface area (Å²) >= 11 is 0. The molecule has 2 heterocycles. The van der Waals surface area contributed by atoms with E-state index in [0.29, 0.717) is 5.82 Å². The number of aryl methyl sites for hydroxylation is 1. The Morgan fingerprint density at radius 1 is 1.17 bits per heavy atom. The molecule has 0 bridgehead atoms. The Morgan fingerprint density at radius 3 is 2.70 bits per heavy atom. The standard InChI is InChI=1S/C24H38N5O/c1-19(13-14-21-11-6-5-7-12-21)9-8-10-20(2)15-16-29-18-28(3)24-22(29)23(27-30-4)25-17-26-24/h9,15,17-18,21H,5-8,10-14,16H2,1-4H3,(H,25,26,27)/q+1/b19-9+,20-15+. The van der Waals surface area contributed by atoms with Crippen LogP contribution in [0.4, 0.5) is 5.82 Å². The first-order valence-corrected chi connectivity index (χ1v) is 11.4. The lowest BCUT2D eigenvalue weighted by atomic mass is 9.85. The summed E-state index contributed by atoms with van der Waals surface area (Å²) in [7, 11) is 3.59. The normalized spacial score (nSPS) is 16.4. The summed E-state index contributed by atoms with van der Waals surface area (Å²) in [5.41, 5.74) is 7.66. The molecule has 1 aliphatic rings. The van der Waals surface area contributed by atoms with Crippen molar-refractivity contribution < 1.29 is 9.40 Å². The monoisotopic (exact) mass is 412 g/mol. The van der Waals surface area contributed by atoms with Gasteiger partial charge in [0.2, 0.25) is 5.52 Å². The SMILES string of the molecule is CONc1ncnc2c1n(C/C=C(\C)CC/C=C(\C)CCC1CCCCC1)c[n+]2C. The van der Waals surface area contributed by atoms with Crippen LogP contribution < -0.4 is 10.0 Å². The lowest BCUT2D eigenvalue weighted by Gasteiger charge is -2.21. The Hall–Kier alpha value is -2.21. The van der Waals surface area contributed by atoms with E-state index in [9.17, 15) is 0 Å². The van der Waals surface area contributed by atoms with Gasteiger partial charge < -0.3 is 0 Å². The Labute approximate surface area is 181 Å². The van der Waals surface area contributed by atoms with Gasteiger partial charge in [0.1, 0.15) is 0 Å². The second-order valence-electron chi connectivity index (χ2n) is 8.76. The second-order valence-corrected chi connectivity index (χ2v) is 8.76. The minimum atomic E-state index is 0.686. The van der Waals surface area contributed by atoms with Crippen LogP contribution in [-0.2, 0) is 18.4 Å². The van der Waals surface area contributed by atoms with Crippen molar-refractivity contribution >= 4 is 17.0 Å². The fourth-order valence-corrected chi connectivity index (χ4v) is 4.44. The smallest absolute Gasteiger partial charge is 0.278 e. The quantitative estimate of drug-likeness (QED) is 0.328. The number of fused-ring (bicyclic) bond motifs is 1. The fraction of sp³-hybridized carbons (Fsp3) is 0.625. The number of hydrogen-bond acceptors (Lipinski definition) is 4. The largest absolute Gasteiger partial charge is 0.307 e. The average molecular weight is 413 g/mol. The van der Waals surface area contributed by atoms with E-state index < -0.39 is 0 Å². The molecule has 6 heteroatoms. The molecule has 1 fully saturated rings. The van der Waals surface area contributed by atoms with E-state index in [4.69, 9.17) is 4.84 Å². The van der Waals surface area contributed by atoms with Crippen molar-refractivity contribution in [2.75, 3.05) is 12.6 Å². The molecule has 30 heavy (non-hydrogen) atoms. The van der Waals surface area contributed by atoms with Crippen LogP contribution in [0, 0.1) is 5.92 Å². The van der Waals surface area contributed by atoms with Gasteiger partial charge in [-0.3, -0.25) is 9.40 Å². The van der Waals surface area contributed by atoms with Crippen molar-refractivity contribution in [3.8, 4) is 0 Å². The van der Waals surface area contributed by atoms with Crippen LogP contribution in [-0.4, -0.2) is 21.6 Å². The molecule has 3 rings (SSSR count). The highest BCUT2D eigenvalue weighted by Crippen LogP contribution is 2.28. The molecule has 0 atom stereocenters. The Morgan fingerprint density at radius 2 is 1.93 bits per heavy atom. The van der Waals surface area contributed by atoms with Crippen molar-refractivity contribution in [2.45, 2.75) is 78.2 Å². The van der Waals surface area contributed by atoms with Crippen molar-refractivity contribution in [1.82, 2.24) is 14.5 Å². The van der Waals surface area contributed by atoms with Crippen molar-refractivity contribution in [1.29, 1.82) is 0 Å². The first-order chi connectivity index (χ1) is 14.6. The zero-order chi connectivity index (χ0) is 21.3. The number of nitrogens with one attached hydrogen (secondary N) is 1. The predicted molar refractivity (Wildman–Crippen MR) is 122 cm³/mol. The lowest BCUT2D eigenvalue weighted by molar-refractivity contribution is -0.647. The maximum Gasteiger partial charge on any atom is 0.307 e. The first-order valence-electron chi connectivity index (χ1n) is 11.4. The minimum absolute atomic E-state index is 0.686. The Balaban J connectivity index is 1.52. The fourth-order valence-electron chi connectivity index (χ4n) is 4.44. The van der Waals surface area contributed by atoms with E-state index in [1.54, 1.807) is 19.0 Å². The summed E-state index contributed by atoms with van der Waals surface area (Å²) in [4.78, 5) is 13.8. The topological polar surface area (TPSA) is 55.9 Å². The highest BCUT2D eigenvalue weighted by molar-refractivity contribution is 5.80. The van der Waals surface area contributed by atoms with Crippen LogP contribution in [0.15, 0.2) is 36.0 Å². The first kappa shape index (κ1) is 22.5. The van der Waals surface area contributed by atoms with E-state index in [0.717, 1.165) is 36.5 Å². The molecule has 0 aromatic carbocycles. The highest BCUT2D eigenvalue weighted by Gasteiger charge is 2.19. The third kappa shape index (κ3) is 6.14. The highest BCUT2D eigenvalue weighted by atomic mass is 16.6. The molecule has 0 unspecified atom stereocenters. The molecule has 2 aromatic rings. The van der Waals surface area contributed by atoms with E-state index >= 15 is 0 Å². The third-order valence-corrected chi connectivity index (χ3v) is 6.28. The van der Waals surface area contributed by atoms with Gasteiger partial charge in [-0.1, -0.05) is 60.4 Å². The van der Waals surface area contributed by atoms with Crippen molar-refractivity contribution in [3.63, 3.8) is 0 Å². The van der Waals surface area contributed by atoms with Crippen LogP contribution in [0.25, 0.3) is 11.2 Å². The van der Waals surface area contributed by atoms with Gasteiger partial charge in [-0.25, -0.2) is 10.0 Å². The molecule has 0 amide bonds. The Kier molecular flexibility index (Phi) is 8.43. The maximum atomic E-state index is 5.08. The molecule has 1 N–H and O–H groups in total. The molecular formula is C24H38N5O+. The van der Waals surface area contributed by atoms with Gasteiger partial charge in [0.15, 0.2) is 18.5 Å². The van der Waals surface area contributed by atoms with Crippen LogP contribution in [0.1, 0.15) is 71.6 Å². The van der Waals surface area contributed by atoms with Gasteiger partial charge in [0.25, 0.3) is 0 Å². The van der Waals surface area contributed by atoms with Gasteiger partial charge in [-0.15, -0.1) is 0 Å². The van der Waals surface area contributed by atoms with Crippen LogP contribution >= 0.6 is 0 Å². The van der Waals surface area contributed by atoms with E-state index in [-0.39, 0.29) is 0 Å². The molecular weight excluding hydrogens is 374 g/mol. The molecule has 2 aromatic heterocycles. The molecule has 1 saturated carbocycles. The molecule has 0 spiro atoms. The van der Waals surface area contributed by atoms with Crippen LogP contribution in [0.5, 0.6) is 0 Å². The number of anilines is 1. The molecule has 0 aliphatic heterocycles. The number of aromatic nitrogens is 4. The van der Waals surface area contributed by atoms with Gasteiger partial charge in [-0.05, 0) is 45.4 Å². The van der Waals surface area contributed by atoms with Crippen LogP contribution in [0.2, 0.25) is 0 Å². The summed E-state index contributed by atoms with van der Waals surface area (Å²) in [6.45, 7) is 5.32. The summed E-state index contributed by atoms with van der Waals surface area (Å²) in [6.07, 6.45) is 20.5. The van der Waals surface area contributed by atoms with E-state index in [1.165, 1.54) is 50.5 Å². The van der Waals surface area contributed by atoms with Gasteiger partial charge in [0.05, 0.1) is 20.7 Å². The lowest BCUT2D eigenvalue weighted by Crippen LogP contribution is -2.26. The van der Waals surface area contributed by atoms with Crippen molar-refractivity contribution in [2.24, 2.45) is 13.0 Å². The summed E-state index contributed by atoms with van der Waals surface area (Å²) < 4.78 is 4.17. The number of rotatable bonds is 10. The third-order valence-electron chi connectivity index (χ3n) is 6.28. The van der Waals surface area contributed by atoms with Gasteiger partial charge >= 0.3 is 5.65 Å². The number of imidazole rings is 1. The molecule has 6 nitrogen and oxygen atoms in total. The molecule has 1 aliphatic carbocycles. The Bertz CT molecular complexity index is 877. The van der Waals surface area contributed by atoms with E-state index in [2.05, 4.69) is 52.3 Å². The minimum Gasteiger partial charge on any atom is -0.278 e. The molecule has 0 radical (unpaired) electrons. The summed E-state index contributed by atoms with van der Waals surface area (Å²) in [6, 6.07) is 0. The average Bonchev–Trinajstić information content (AvgIpc) is 3.08. The number of hydrogen-bond donors (Lipinski definition) is 1. The maximum absolute atomic E-state index is 5.08. The summed E-state index contributed by atoms with van der Waals surface area (Å²) in [5, 5.41) is 0. The van der Waals surface area contributed by atoms with Gasteiger partial charge in [-0.2, -0.15) is 4.98 Å². The zero-order valence-corrected chi connectivity index (χ0v) is 19.2. The number of allylic oxidation sites excluding steroid dienone is 4. The molecule has 0 saturated heterocycles. The predicted octanol–water partition coefficient (Wildman–Crippen LogP) is 5.26. The van der Waals surface area contributed by atoms with Crippen molar-refractivity contribution in [3.05, 3.63) is 36.0 Å².